The van der Waals surface area contributed by atoms with Gasteiger partial charge < -0.3 is 14.2 Å². The molecule has 0 spiro atoms. The molecule has 1 atom stereocenters. The van der Waals surface area contributed by atoms with Crippen LogP contribution in [-0.4, -0.2) is 41.1 Å². The minimum absolute atomic E-state index is 0.0182. The van der Waals surface area contributed by atoms with Crippen molar-refractivity contribution in [2.75, 3.05) is 20.2 Å². The quantitative estimate of drug-likeness (QED) is 0.678. The van der Waals surface area contributed by atoms with Crippen molar-refractivity contribution in [1.29, 1.82) is 0 Å². The van der Waals surface area contributed by atoms with Gasteiger partial charge in [-0.2, -0.15) is 4.98 Å². The molecule has 1 amide bonds. The normalized spacial score (nSPS) is 17.1. The first-order valence-electron chi connectivity index (χ1n) is 8.66. The Bertz CT molecular complexity index is 938. The monoisotopic (exact) mass is 387 g/mol. The van der Waals surface area contributed by atoms with E-state index in [0.717, 1.165) is 12.8 Å². The number of carbonyl (C=O) groups is 1. The second-order valence-electron chi connectivity index (χ2n) is 6.37. The first-order chi connectivity index (χ1) is 13.2. The molecule has 0 unspecified atom stereocenters. The zero-order chi connectivity index (χ0) is 18.8. The molecule has 3 aromatic rings. The maximum absolute atomic E-state index is 13.1. The van der Waals surface area contributed by atoms with Gasteiger partial charge in [-0.15, -0.1) is 11.3 Å². The van der Waals surface area contributed by atoms with Gasteiger partial charge in [0.15, 0.2) is 0 Å². The highest BCUT2D eigenvalue weighted by Gasteiger charge is 2.30. The van der Waals surface area contributed by atoms with Crippen molar-refractivity contribution in [1.82, 2.24) is 15.0 Å². The van der Waals surface area contributed by atoms with E-state index in [4.69, 9.17) is 9.26 Å². The van der Waals surface area contributed by atoms with Crippen molar-refractivity contribution in [3.63, 3.8) is 0 Å². The van der Waals surface area contributed by atoms with E-state index in [2.05, 4.69) is 10.1 Å². The van der Waals surface area contributed by atoms with Gasteiger partial charge in [0, 0.05) is 18.7 Å². The lowest BCUT2D eigenvalue weighted by atomic mass is 9.97. The van der Waals surface area contributed by atoms with Crippen molar-refractivity contribution in [2.45, 2.75) is 18.8 Å². The van der Waals surface area contributed by atoms with E-state index >= 15 is 0 Å². The van der Waals surface area contributed by atoms with Gasteiger partial charge in [0.05, 0.1) is 13.0 Å². The number of hydrogen-bond donors (Lipinski definition) is 0. The maximum atomic E-state index is 13.1. The summed E-state index contributed by atoms with van der Waals surface area (Å²) < 4.78 is 23.8. The first-order valence-corrected chi connectivity index (χ1v) is 9.54. The van der Waals surface area contributed by atoms with Crippen molar-refractivity contribution >= 4 is 17.2 Å². The predicted octanol–water partition coefficient (Wildman–Crippen LogP) is 3.97. The van der Waals surface area contributed by atoms with Crippen LogP contribution in [0.3, 0.4) is 0 Å². The van der Waals surface area contributed by atoms with Gasteiger partial charge in [-0.25, -0.2) is 4.39 Å². The average molecular weight is 387 g/mol. The van der Waals surface area contributed by atoms with Crippen LogP contribution in [0.4, 0.5) is 4.39 Å². The molecule has 1 aromatic carbocycles. The number of piperidine rings is 1. The van der Waals surface area contributed by atoms with Gasteiger partial charge in [-0.3, -0.25) is 4.79 Å². The van der Waals surface area contributed by atoms with Crippen LogP contribution in [-0.2, 0) is 0 Å². The number of rotatable bonds is 4. The number of nitrogens with zero attached hydrogens (tertiary/aromatic N) is 3. The Balaban J connectivity index is 1.50. The topological polar surface area (TPSA) is 68.5 Å². The Labute approximate surface area is 159 Å². The minimum atomic E-state index is -0.312. The lowest BCUT2D eigenvalue weighted by Crippen LogP contribution is -2.39. The molecule has 1 aliphatic rings. The first kappa shape index (κ1) is 17.7. The number of ether oxygens (including phenoxy) is 1. The van der Waals surface area contributed by atoms with Crippen LogP contribution >= 0.6 is 11.3 Å². The summed E-state index contributed by atoms with van der Waals surface area (Å²) in [5.74, 6) is 1.16. The molecule has 0 aliphatic carbocycles. The predicted molar refractivity (Wildman–Crippen MR) is 98.4 cm³/mol. The number of hydrogen-bond acceptors (Lipinski definition) is 6. The molecule has 27 heavy (non-hydrogen) atoms. The summed E-state index contributed by atoms with van der Waals surface area (Å²) in [6, 6.07) is 7.75. The standard InChI is InChI=1S/C19H18FN3O3S/c1-25-15-8-10-27-16(15)19(24)23-9-2-3-13(11-23)18-21-17(22-26-18)12-4-6-14(20)7-5-12/h4-8,10,13H,2-3,9,11H2,1H3/t13-/m0/s1. The van der Waals surface area contributed by atoms with Crippen molar-refractivity contribution in [3.8, 4) is 17.1 Å². The number of amides is 1. The van der Waals surface area contributed by atoms with Crippen molar-refractivity contribution in [3.05, 3.63) is 52.3 Å². The number of carbonyl (C=O) groups excluding carboxylic acids is 1. The lowest BCUT2D eigenvalue weighted by Gasteiger charge is -2.30. The molecule has 0 saturated carbocycles. The van der Waals surface area contributed by atoms with E-state index < -0.39 is 0 Å². The minimum Gasteiger partial charge on any atom is -0.495 e. The van der Waals surface area contributed by atoms with Crippen molar-refractivity contribution < 1.29 is 18.4 Å². The fourth-order valence-corrected chi connectivity index (χ4v) is 4.06. The van der Waals surface area contributed by atoms with Crippen LogP contribution in [0.25, 0.3) is 11.4 Å². The molecule has 1 saturated heterocycles. The number of benzene rings is 1. The molecule has 3 heterocycles. The molecule has 6 nitrogen and oxygen atoms in total. The molecule has 8 heteroatoms. The molecule has 2 aromatic heterocycles. The largest absolute Gasteiger partial charge is 0.495 e. The highest BCUT2D eigenvalue weighted by Crippen LogP contribution is 2.31. The van der Waals surface area contributed by atoms with E-state index in [9.17, 15) is 9.18 Å². The third-order valence-corrected chi connectivity index (χ3v) is 5.53. The van der Waals surface area contributed by atoms with Gasteiger partial charge >= 0.3 is 0 Å². The van der Waals surface area contributed by atoms with E-state index in [1.54, 1.807) is 25.3 Å². The summed E-state index contributed by atoms with van der Waals surface area (Å²) in [6.07, 6.45) is 1.73. The summed E-state index contributed by atoms with van der Waals surface area (Å²) in [4.78, 5) is 19.7. The molecular formula is C19H18FN3O3S. The van der Waals surface area contributed by atoms with E-state index in [-0.39, 0.29) is 17.6 Å². The Morgan fingerprint density at radius 3 is 2.93 bits per heavy atom. The molecular weight excluding hydrogens is 369 g/mol. The van der Waals surface area contributed by atoms with E-state index in [1.165, 1.54) is 23.5 Å². The molecule has 4 rings (SSSR count). The Morgan fingerprint density at radius 2 is 2.15 bits per heavy atom. The summed E-state index contributed by atoms with van der Waals surface area (Å²) in [5, 5.41) is 5.86. The number of aromatic nitrogens is 2. The average Bonchev–Trinajstić information content (AvgIpc) is 3.37. The summed E-state index contributed by atoms with van der Waals surface area (Å²) in [5.41, 5.74) is 0.693. The third-order valence-electron chi connectivity index (χ3n) is 4.65. The summed E-state index contributed by atoms with van der Waals surface area (Å²) in [7, 11) is 1.56. The van der Waals surface area contributed by atoms with Gasteiger partial charge in [0.2, 0.25) is 11.7 Å². The smallest absolute Gasteiger partial charge is 0.267 e. The highest BCUT2D eigenvalue weighted by atomic mass is 32.1. The Hall–Kier alpha value is -2.74. The van der Waals surface area contributed by atoms with Gasteiger partial charge in [-0.05, 0) is 48.6 Å². The fourth-order valence-electron chi connectivity index (χ4n) is 3.24. The lowest BCUT2D eigenvalue weighted by molar-refractivity contribution is 0.0697. The van der Waals surface area contributed by atoms with Crippen LogP contribution < -0.4 is 4.74 Å². The summed E-state index contributed by atoms with van der Waals surface area (Å²) in [6.45, 7) is 1.21. The third kappa shape index (κ3) is 3.57. The number of halogens is 1. The molecule has 0 radical (unpaired) electrons. The SMILES string of the molecule is COc1ccsc1C(=O)N1CCC[C@H](c2nc(-c3ccc(F)cc3)no2)C1. The van der Waals surface area contributed by atoms with Gasteiger partial charge in [0.25, 0.3) is 5.91 Å². The van der Waals surface area contributed by atoms with Gasteiger partial charge in [0.1, 0.15) is 16.4 Å². The fraction of sp³-hybridized carbons (Fsp3) is 0.316. The zero-order valence-electron chi connectivity index (χ0n) is 14.7. The molecule has 140 valence electrons. The molecule has 0 N–H and O–H groups in total. The number of likely N-dealkylation sites (tertiary alicyclic amines) is 1. The molecule has 0 bridgehead atoms. The van der Waals surface area contributed by atoms with Crippen LogP contribution in [0.2, 0.25) is 0 Å². The molecule has 1 fully saturated rings. The Morgan fingerprint density at radius 1 is 1.33 bits per heavy atom. The van der Waals surface area contributed by atoms with Crippen molar-refractivity contribution in [2.24, 2.45) is 0 Å². The second-order valence-corrected chi connectivity index (χ2v) is 7.29. The van der Waals surface area contributed by atoms with Crippen LogP contribution in [0.1, 0.15) is 34.3 Å². The zero-order valence-corrected chi connectivity index (χ0v) is 15.5. The second kappa shape index (κ2) is 7.48. The number of thiophene rings is 1. The highest BCUT2D eigenvalue weighted by molar-refractivity contribution is 7.12. The Kier molecular flexibility index (Phi) is 4.89. The summed E-state index contributed by atoms with van der Waals surface area (Å²) >= 11 is 1.38. The molecule has 1 aliphatic heterocycles. The van der Waals surface area contributed by atoms with Gasteiger partial charge in [-0.1, -0.05) is 5.16 Å². The van der Waals surface area contributed by atoms with Crippen LogP contribution in [0.5, 0.6) is 5.75 Å². The maximum Gasteiger partial charge on any atom is 0.267 e. The van der Waals surface area contributed by atoms with E-state index in [0.29, 0.717) is 41.0 Å². The van der Waals surface area contributed by atoms with Crippen LogP contribution in [0, 0.1) is 5.82 Å². The van der Waals surface area contributed by atoms with Crippen LogP contribution in [0.15, 0.2) is 40.2 Å². The number of methoxy groups -OCH3 is 1. The van der Waals surface area contributed by atoms with E-state index in [1.807, 2.05) is 10.3 Å².